The number of anilines is 1. The minimum absolute atomic E-state index is 0.141. The first kappa shape index (κ1) is 11.4. The van der Waals surface area contributed by atoms with Gasteiger partial charge in [0.25, 0.3) is 0 Å². The van der Waals surface area contributed by atoms with Crippen molar-refractivity contribution in [2.45, 2.75) is 19.9 Å². The second-order valence-corrected chi connectivity index (χ2v) is 3.89. The fourth-order valence-electron chi connectivity index (χ4n) is 1.61. The van der Waals surface area contributed by atoms with Crippen molar-refractivity contribution in [1.29, 1.82) is 0 Å². The van der Waals surface area contributed by atoms with Crippen molar-refractivity contribution in [2.24, 2.45) is 7.05 Å². The van der Waals surface area contributed by atoms with E-state index < -0.39 is 0 Å². The molecule has 2 N–H and O–H groups in total. The number of aromatic nitrogens is 4. The number of nitrogens with zero attached hydrogens (tertiary/aromatic N) is 4. The largest absolute Gasteiger partial charge is 0.383 e. The summed E-state index contributed by atoms with van der Waals surface area (Å²) in [6.07, 6.45) is 5.75. The maximum absolute atomic E-state index is 12.1. The van der Waals surface area contributed by atoms with Gasteiger partial charge >= 0.3 is 0 Å². The smallest absolute Gasteiger partial charge is 0.201 e. The van der Waals surface area contributed by atoms with Crippen LogP contribution in [0.15, 0.2) is 18.6 Å². The topological polar surface area (TPSA) is 78.7 Å². The molecule has 0 saturated carbocycles. The molecule has 0 spiro atoms. The Hall–Kier alpha value is -2.11. The van der Waals surface area contributed by atoms with Crippen molar-refractivity contribution in [1.82, 2.24) is 19.6 Å². The van der Waals surface area contributed by atoms with Gasteiger partial charge in [0, 0.05) is 19.8 Å². The lowest BCUT2D eigenvalue weighted by atomic mass is 10.1. The fraction of sp³-hybridized carbons (Fsp3) is 0.364. The van der Waals surface area contributed by atoms with Gasteiger partial charge < -0.3 is 5.73 Å². The first-order valence-electron chi connectivity index (χ1n) is 5.48. The van der Waals surface area contributed by atoms with E-state index in [2.05, 4.69) is 17.1 Å². The summed E-state index contributed by atoms with van der Waals surface area (Å²) in [7, 11) is 1.70. The van der Waals surface area contributed by atoms with Gasteiger partial charge in [0.1, 0.15) is 5.82 Å². The Morgan fingerprint density at radius 3 is 2.76 bits per heavy atom. The quantitative estimate of drug-likeness (QED) is 0.794. The predicted molar refractivity (Wildman–Crippen MR) is 63.6 cm³/mol. The van der Waals surface area contributed by atoms with Gasteiger partial charge in [-0.25, -0.2) is 0 Å². The van der Waals surface area contributed by atoms with Crippen molar-refractivity contribution in [3.8, 4) is 0 Å². The second-order valence-electron chi connectivity index (χ2n) is 3.89. The van der Waals surface area contributed by atoms with Gasteiger partial charge in [-0.3, -0.25) is 14.2 Å². The third kappa shape index (κ3) is 2.06. The molecule has 0 fully saturated rings. The van der Waals surface area contributed by atoms with Crippen molar-refractivity contribution in [2.75, 3.05) is 5.73 Å². The number of hydrogen-bond donors (Lipinski definition) is 1. The van der Waals surface area contributed by atoms with E-state index in [-0.39, 0.29) is 5.78 Å². The van der Waals surface area contributed by atoms with E-state index in [1.165, 1.54) is 10.9 Å². The molecule has 0 aromatic carbocycles. The number of aryl methyl sites for hydroxylation is 2. The summed E-state index contributed by atoms with van der Waals surface area (Å²) in [6, 6.07) is 0. The van der Waals surface area contributed by atoms with Crippen LogP contribution in [0.3, 0.4) is 0 Å². The molecular weight excluding hydrogens is 218 g/mol. The zero-order valence-corrected chi connectivity index (χ0v) is 9.92. The molecule has 0 atom stereocenters. The fourth-order valence-corrected chi connectivity index (χ4v) is 1.61. The molecule has 0 saturated heterocycles. The summed E-state index contributed by atoms with van der Waals surface area (Å²) < 4.78 is 3.23. The summed E-state index contributed by atoms with van der Waals surface area (Å²) in [6.45, 7) is 2.86. The van der Waals surface area contributed by atoms with Gasteiger partial charge in [-0.2, -0.15) is 10.2 Å². The van der Waals surface area contributed by atoms with E-state index in [1.807, 2.05) is 0 Å². The van der Waals surface area contributed by atoms with E-state index in [0.29, 0.717) is 16.9 Å². The van der Waals surface area contributed by atoms with Crippen LogP contribution in [0.4, 0.5) is 5.82 Å². The Balaban J connectivity index is 2.27. The Bertz CT molecular complexity index is 540. The SMILES string of the molecule is CCCn1cc(C(=O)c2cnn(C)c2N)cn1. The van der Waals surface area contributed by atoms with Gasteiger partial charge in [0.15, 0.2) is 0 Å². The molecule has 0 unspecified atom stereocenters. The molecule has 2 rings (SSSR count). The van der Waals surface area contributed by atoms with Crippen molar-refractivity contribution >= 4 is 11.6 Å². The average Bonchev–Trinajstić information content (AvgIpc) is 2.88. The van der Waals surface area contributed by atoms with E-state index >= 15 is 0 Å². The minimum Gasteiger partial charge on any atom is -0.383 e. The van der Waals surface area contributed by atoms with Gasteiger partial charge in [-0.05, 0) is 6.42 Å². The van der Waals surface area contributed by atoms with Crippen LogP contribution < -0.4 is 5.73 Å². The summed E-state index contributed by atoms with van der Waals surface area (Å²) >= 11 is 0. The normalized spacial score (nSPS) is 10.7. The van der Waals surface area contributed by atoms with E-state index in [0.717, 1.165) is 13.0 Å². The third-order valence-electron chi connectivity index (χ3n) is 2.58. The molecule has 2 aromatic rings. The van der Waals surface area contributed by atoms with Gasteiger partial charge in [0.2, 0.25) is 5.78 Å². The van der Waals surface area contributed by atoms with E-state index in [1.54, 1.807) is 24.1 Å². The first-order valence-corrected chi connectivity index (χ1v) is 5.48. The van der Waals surface area contributed by atoms with Crippen molar-refractivity contribution in [3.05, 3.63) is 29.7 Å². The van der Waals surface area contributed by atoms with Gasteiger partial charge in [-0.1, -0.05) is 6.92 Å². The molecule has 90 valence electrons. The highest BCUT2D eigenvalue weighted by molar-refractivity contribution is 6.11. The molecule has 6 heteroatoms. The summed E-state index contributed by atoms with van der Waals surface area (Å²) in [4.78, 5) is 12.1. The molecule has 0 bridgehead atoms. The van der Waals surface area contributed by atoms with E-state index in [9.17, 15) is 4.79 Å². The van der Waals surface area contributed by atoms with Crippen LogP contribution >= 0.6 is 0 Å². The molecule has 0 aliphatic rings. The van der Waals surface area contributed by atoms with Crippen LogP contribution in [0.2, 0.25) is 0 Å². The number of nitrogen functional groups attached to an aromatic ring is 1. The predicted octanol–water partition coefficient (Wildman–Crippen LogP) is 0.840. The highest BCUT2D eigenvalue weighted by Crippen LogP contribution is 2.15. The Morgan fingerprint density at radius 1 is 1.41 bits per heavy atom. The Kier molecular flexibility index (Phi) is 2.95. The highest BCUT2D eigenvalue weighted by Gasteiger charge is 2.17. The second kappa shape index (κ2) is 4.40. The van der Waals surface area contributed by atoms with Gasteiger partial charge in [0.05, 0.1) is 23.5 Å². The molecule has 0 radical (unpaired) electrons. The molecular formula is C11H15N5O. The molecule has 2 heterocycles. The first-order chi connectivity index (χ1) is 8.13. The lowest BCUT2D eigenvalue weighted by Crippen LogP contribution is -2.05. The summed E-state index contributed by atoms with van der Waals surface area (Å²) in [5.74, 6) is 0.233. The van der Waals surface area contributed by atoms with Crippen molar-refractivity contribution in [3.63, 3.8) is 0 Å². The Morgan fingerprint density at radius 2 is 2.18 bits per heavy atom. The van der Waals surface area contributed by atoms with Crippen LogP contribution in [0.5, 0.6) is 0 Å². The van der Waals surface area contributed by atoms with E-state index in [4.69, 9.17) is 5.73 Å². The zero-order chi connectivity index (χ0) is 12.4. The number of hydrogen-bond acceptors (Lipinski definition) is 4. The standard InChI is InChI=1S/C11H15N5O/c1-3-4-16-7-8(5-14-16)10(17)9-6-13-15(2)11(9)12/h5-7H,3-4,12H2,1-2H3. The number of ketones is 1. The molecule has 0 aliphatic carbocycles. The van der Waals surface area contributed by atoms with Crippen LogP contribution in [0, 0.1) is 0 Å². The summed E-state index contributed by atoms with van der Waals surface area (Å²) in [5, 5.41) is 8.07. The van der Waals surface area contributed by atoms with Crippen LogP contribution in [-0.4, -0.2) is 25.3 Å². The van der Waals surface area contributed by atoms with Gasteiger partial charge in [-0.15, -0.1) is 0 Å². The molecule has 2 aromatic heterocycles. The molecule has 0 amide bonds. The average molecular weight is 233 g/mol. The third-order valence-corrected chi connectivity index (χ3v) is 2.58. The lowest BCUT2D eigenvalue weighted by molar-refractivity contribution is 0.103. The monoisotopic (exact) mass is 233 g/mol. The number of carbonyl (C=O) groups is 1. The maximum atomic E-state index is 12.1. The van der Waals surface area contributed by atoms with Crippen molar-refractivity contribution < 1.29 is 4.79 Å². The zero-order valence-electron chi connectivity index (χ0n) is 9.92. The summed E-state index contributed by atoms with van der Waals surface area (Å²) in [5.41, 5.74) is 6.72. The number of nitrogens with two attached hydrogens (primary N) is 1. The highest BCUT2D eigenvalue weighted by atomic mass is 16.1. The molecule has 0 aliphatic heterocycles. The Labute approximate surface area is 99.0 Å². The minimum atomic E-state index is -0.141. The molecule has 6 nitrogen and oxygen atoms in total. The van der Waals surface area contributed by atoms with Crippen LogP contribution in [-0.2, 0) is 13.6 Å². The lowest BCUT2D eigenvalue weighted by Gasteiger charge is -1.97. The maximum Gasteiger partial charge on any atom is 0.201 e. The number of rotatable bonds is 4. The molecule has 17 heavy (non-hydrogen) atoms. The number of carbonyl (C=O) groups excluding carboxylic acids is 1. The van der Waals surface area contributed by atoms with Crippen LogP contribution in [0.1, 0.15) is 29.3 Å². The van der Waals surface area contributed by atoms with Crippen LogP contribution in [0.25, 0.3) is 0 Å².